The van der Waals surface area contributed by atoms with Crippen LogP contribution in [0.3, 0.4) is 0 Å². The summed E-state index contributed by atoms with van der Waals surface area (Å²) in [5.74, 6) is 1.50. The third-order valence-corrected chi connectivity index (χ3v) is 6.42. The normalized spacial score (nSPS) is 18.1. The third-order valence-electron chi connectivity index (χ3n) is 5.49. The van der Waals surface area contributed by atoms with Crippen LogP contribution in [0.15, 0.2) is 53.9 Å². The number of non-ortho nitro benzene ring substituents is 1. The van der Waals surface area contributed by atoms with E-state index in [0.717, 1.165) is 36.6 Å². The number of benzene rings is 2. The summed E-state index contributed by atoms with van der Waals surface area (Å²) in [6, 6.07) is 15.5. The van der Waals surface area contributed by atoms with Gasteiger partial charge in [-0.05, 0) is 41.3 Å². The zero-order valence-electron chi connectivity index (χ0n) is 16.4. The largest absolute Gasteiger partial charge is 0.493 e. The lowest BCUT2D eigenvalue weighted by molar-refractivity contribution is -0.940. The zero-order valence-corrected chi connectivity index (χ0v) is 17.2. The van der Waals surface area contributed by atoms with Crippen molar-refractivity contribution in [3.63, 3.8) is 0 Å². The van der Waals surface area contributed by atoms with Crippen molar-refractivity contribution in [3.05, 3.63) is 85.6 Å². The van der Waals surface area contributed by atoms with Crippen molar-refractivity contribution < 1.29 is 19.3 Å². The van der Waals surface area contributed by atoms with Gasteiger partial charge >= 0.3 is 0 Å². The number of methoxy groups -OCH3 is 2. The number of ether oxygens (including phenoxy) is 2. The first kappa shape index (κ1) is 19.4. The van der Waals surface area contributed by atoms with E-state index in [2.05, 4.69) is 29.6 Å². The fourth-order valence-electron chi connectivity index (χ4n) is 4.08. The summed E-state index contributed by atoms with van der Waals surface area (Å²) in [4.78, 5) is 13.3. The second kappa shape index (κ2) is 8.23. The number of nitro benzene ring substituents is 1. The Balaban J connectivity index is 1.71. The molecule has 1 aliphatic heterocycles. The van der Waals surface area contributed by atoms with Crippen LogP contribution in [-0.4, -0.2) is 25.7 Å². The molecular weight excluding hydrogens is 388 g/mol. The van der Waals surface area contributed by atoms with Gasteiger partial charge in [0.05, 0.1) is 30.6 Å². The second-order valence-electron chi connectivity index (χ2n) is 7.11. The number of hydrogen-bond acceptors (Lipinski definition) is 5. The van der Waals surface area contributed by atoms with Crippen LogP contribution in [0.5, 0.6) is 11.5 Å². The first-order valence-corrected chi connectivity index (χ1v) is 10.3. The van der Waals surface area contributed by atoms with Crippen LogP contribution in [0, 0.1) is 10.1 Å². The highest BCUT2D eigenvalue weighted by Gasteiger charge is 2.34. The Morgan fingerprint density at radius 1 is 1.14 bits per heavy atom. The summed E-state index contributed by atoms with van der Waals surface area (Å²) in [5.41, 5.74) is 3.76. The van der Waals surface area contributed by atoms with Gasteiger partial charge < -0.3 is 14.4 Å². The van der Waals surface area contributed by atoms with E-state index < -0.39 is 0 Å². The highest BCUT2D eigenvalue weighted by molar-refractivity contribution is 7.10. The molecule has 0 aliphatic carbocycles. The van der Waals surface area contributed by atoms with Gasteiger partial charge in [-0.3, -0.25) is 10.1 Å². The molecule has 0 fully saturated rings. The molecule has 1 unspecified atom stereocenters. The number of thiophene rings is 1. The van der Waals surface area contributed by atoms with E-state index in [0.29, 0.717) is 0 Å². The minimum absolute atomic E-state index is 0.124. The van der Waals surface area contributed by atoms with Gasteiger partial charge in [-0.1, -0.05) is 6.07 Å². The van der Waals surface area contributed by atoms with Crippen LogP contribution < -0.4 is 14.4 Å². The first-order chi connectivity index (χ1) is 14.1. The van der Waals surface area contributed by atoms with Crippen LogP contribution in [0.25, 0.3) is 0 Å². The number of nitro groups is 1. The molecule has 0 bridgehead atoms. The molecule has 1 aromatic heterocycles. The van der Waals surface area contributed by atoms with Crippen LogP contribution in [0.4, 0.5) is 5.69 Å². The van der Waals surface area contributed by atoms with Gasteiger partial charge in [0.25, 0.3) is 5.69 Å². The number of nitrogens with one attached hydrogen (secondary N) is 1. The molecule has 7 heteroatoms. The van der Waals surface area contributed by atoms with Crippen LogP contribution in [0.2, 0.25) is 0 Å². The predicted molar refractivity (Wildman–Crippen MR) is 112 cm³/mol. The van der Waals surface area contributed by atoms with Crippen molar-refractivity contribution >= 4 is 17.0 Å². The minimum Gasteiger partial charge on any atom is -0.493 e. The van der Waals surface area contributed by atoms with Gasteiger partial charge in [0, 0.05) is 29.7 Å². The molecule has 2 atom stereocenters. The number of nitrogens with zero attached hydrogens (tertiary/aromatic N) is 1. The lowest BCUT2D eigenvalue weighted by Crippen LogP contribution is -3.12. The Hall–Kier alpha value is -2.90. The molecular formula is C22H23N2O4S+. The highest BCUT2D eigenvalue weighted by Crippen LogP contribution is 2.37. The van der Waals surface area contributed by atoms with Gasteiger partial charge in [-0.2, -0.15) is 0 Å². The summed E-state index contributed by atoms with van der Waals surface area (Å²) in [7, 11) is 3.32. The standard InChI is InChI=1S/C22H22N2O4S/c1-27-19-12-16-9-10-23(14-15-5-7-17(8-6-15)24(25)26)22(21-4-3-11-29-21)18(16)13-20(19)28-2/h3-8,11-13,22H,9-10,14H2,1-2H3/p+1/t22-/m1/s1. The summed E-state index contributed by atoms with van der Waals surface area (Å²) < 4.78 is 11.1. The number of fused-ring (bicyclic) bond motifs is 1. The molecule has 4 rings (SSSR count). The van der Waals surface area contributed by atoms with Crippen molar-refractivity contribution in [2.75, 3.05) is 20.8 Å². The van der Waals surface area contributed by atoms with E-state index in [1.807, 2.05) is 12.1 Å². The Morgan fingerprint density at radius 2 is 1.86 bits per heavy atom. The van der Waals surface area contributed by atoms with Gasteiger partial charge in [-0.15, -0.1) is 11.3 Å². The lowest BCUT2D eigenvalue weighted by Gasteiger charge is -2.34. The SMILES string of the molecule is COc1cc2c(cc1OC)[C@H](c1cccs1)[NH+](Cc1ccc([N+](=O)[O-])cc1)CC2. The molecule has 6 nitrogen and oxygen atoms in total. The molecule has 29 heavy (non-hydrogen) atoms. The van der Waals surface area contributed by atoms with Crippen molar-refractivity contribution in [1.82, 2.24) is 0 Å². The summed E-state index contributed by atoms with van der Waals surface area (Å²) in [5, 5.41) is 13.0. The van der Waals surface area contributed by atoms with Crippen molar-refractivity contribution in [1.29, 1.82) is 0 Å². The minimum atomic E-state index is -0.359. The lowest BCUT2D eigenvalue weighted by atomic mass is 9.90. The number of hydrogen-bond donors (Lipinski definition) is 1. The van der Waals surface area contributed by atoms with Gasteiger partial charge in [-0.25, -0.2) is 0 Å². The van der Waals surface area contributed by atoms with E-state index in [1.165, 1.54) is 20.9 Å². The smallest absolute Gasteiger partial charge is 0.269 e. The van der Waals surface area contributed by atoms with E-state index >= 15 is 0 Å². The summed E-state index contributed by atoms with van der Waals surface area (Å²) >= 11 is 1.75. The zero-order chi connectivity index (χ0) is 20.4. The average Bonchev–Trinajstić information content (AvgIpc) is 3.27. The molecule has 1 aliphatic rings. The molecule has 0 amide bonds. The Bertz CT molecular complexity index is 1000. The van der Waals surface area contributed by atoms with Crippen LogP contribution in [0.1, 0.15) is 27.6 Å². The maximum atomic E-state index is 10.9. The van der Waals surface area contributed by atoms with Gasteiger partial charge in [0.15, 0.2) is 11.5 Å². The highest BCUT2D eigenvalue weighted by atomic mass is 32.1. The monoisotopic (exact) mass is 411 g/mol. The van der Waals surface area contributed by atoms with Crippen molar-refractivity contribution in [2.24, 2.45) is 0 Å². The fraction of sp³-hybridized carbons (Fsp3) is 0.273. The maximum absolute atomic E-state index is 10.9. The predicted octanol–water partition coefficient (Wildman–Crippen LogP) is 3.40. The topological polar surface area (TPSA) is 66.0 Å². The quantitative estimate of drug-likeness (QED) is 0.499. The van der Waals surface area contributed by atoms with Crippen LogP contribution in [-0.2, 0) is 13.0 Å². The fourth-order valence-corrected chi connectivity index (χ4v) is 4.98. The summed E-state index contributed by atoms with van der Waals surface area (Å²) in [6.45, 7) is 1.77. The molecule has 1 N–H and O–H groups in total. The average molecular weight is 412 g/mol. The third kappa shape index (κ3) is 3.83. The van der Waals surface area contributed by atoms with Crippen LogP contribution >= 0.6 is 11.3 Å². The Kier molecular flexibility index (Phi) is 5.51. The molecule has 0 saturated carbocycles. The number of rotatable bonds is 6. The molecule has 0 saturated heterocycles. The van der Waals surface area contributed by atoms with E-state index in [9.17, 15) is 10.1 Å². The molecule has 2 heterocycles. The molecule has 150 valence electrons. The molecule has 3 aromatic rings. The van der Waals surface area contributed by atoms with Crippen molar-refractivity contribution in [3.8, 4) is 11.5 Å². The molecule has 0 spiro atoms. The van der Waals surface area contributed by atoms with E-state index in [1.54, 1.807) is 37.7 Å². The molecule has 0 radical (unpaired) electrons. The summed E-state index contributed by atoms with van der Waals surface area (Å²) in [6.07, 6.45) is 0.944. The second-order valence-corrected chi connectivity index (χ2v) is 8.09. The van der Waals surface area contributed by atoms with E-state index in [-0.39, 0.29) is 16.7 Å². The van der Waals surface area contributed by atoms with Crippen molar-refractivity contribution in [2.45, 2.75) is 19.0 Å². The van der Waals surface area contributed by atoms with Gasteiger partial charge in [0.1, 0.15) is 12.6 Å². The first-order valence-electron chi connectivity index (χ1n) is 9.46. The van der Waals surface area contributed by atoms with E-state index in [4.69, 9.17) is 9.47 Å². The number of quaternary nitrogens is 1. The maximum Gasteiger partial charge on any atom is 0.269 e. The Labute approximate surface area is 173 Å². The molecule has 2 aromatic carbocycles. The Morgan fingerprint density at radius 3 is 2.48 bits per heavy atom. The van der Waals surface area contributed by atoms with Gasteiger partial charge in [0.2, 0.25) is 0 Å².